The summed E-state index contributed by atoms with van der Waals surface area (Å²) in [5.74, 6) is 0. The Bertz CT molecular complexity index is 436. The van der Waals surface area contributed by atoms with Gasteiger partial charge < -0.3 is 10.1 Å². The van der Waals surface area contributed by atoms with E-state index in [4.69, 9.17) is 4.74 Å². The van der Waals surface area contributed by atoms with E-state index in [1.54, 1.807) is 0 Å². The minimum atomic E-state index is 0.0647. The zero-order valence-corrected chi connectivity index (χ0v) is 15.5. The van der Waals surface area contributed by atoms with E-state index in [0.29, 0.717) is 5.73 Å². The fourth-order valence-corrected chi connectivity index (χ4v) is 2.21. The van der Waals surface area contributed by atoms with Crippen molar-refractivity contribution in [2.24, 2.45) is 0 Å². The van der Waals surface area contributed by atoms with Crippen LogP contribution in [-0.2, 0) is 4.74 Å². The van der Waals surface area contributed by atoms with Gasteiger partial charge in [-0.05, 0) is 31.6 Å². The number of benzene rings is 2. The molecule has 21 heavy (non-hydrogen) atoms. The molecular weight excluding hydrogens is 274 g/mol. The summed E-state index contributed by atoms with van der Waals surface area (Å²) in [6.07, 6.45) is 1.15. The van der Waals surface area contributed by atoms with Crippen molar-refractivity contribution in [3.8, 4) is 0 Å². The molecule has 2 nitrogen and oxygen atoms in total. The summed E-state index contributed by atoms with van der Waals surface area (Å²) in [6, 6.07) is 20.9. The van der Waals surface area contributed by atoms with E-state index in [1.807, 2.05) is 26.2 Å². The first kappa shape index (κ1) is 17.6. The smallest absolute Gasteiger partial charge is 0.107 e. The van der Waals surface area contributed by atoms with Crippen LogP contribution >= 0.6 is 0 Å². The van der Waals surface area contributed by atoms with Gasteiger partial charge in [-0.3, -0.25) is 0 Å². The Morgan fingerprint density at radius 1 is 0.905 bits per heavy atom. The van der Waals surface area contributed by atoms with Gasteiger partial charge in [0.1, 0.15) is 6.10 Å². The molecule has 0 saturated heterocycles. The van der Waals surface area contributed by atoms with E-state index in [2.05, 4.69) is 60.8 Å². The summed E-state index contributed by atoms with van der Waals surface area (Å²) < 4.78 is 6.23. The lowest BCUT2D eigenvalue weighted by atomic mass is 10.0. The van der Waals surface area contributed by atoms with Crippen LogP contribution in [0.25, 0.3) is 0 Å². The fourth-order valence-electron chi connectivity index (χ4n) is 1.93. The monoisotopic (exact) mass is 301 g/mol. The maximum Gasteiger partial charge on any atom is 0.107 e. The summed E-state index contributed by atoms with van der Waals surface area (Å²) in [4.78, 5) is 0. The molecule has 0 amide bonds. The normalized spacial score (nSPS) is 11.8. The molecule has 0 radical (unpaired) electrons. The molecule has 2 rings (SSSR count). The van der Waals surface area contributed by atoms with E-state index >= 15 is 0 Å². The molecule has 0 fully saturated rings. The second kappa shape index (κ2) is 10.3. The van der Waals surface area contributed by atoms with Gasteiger partial charge in [-0.1, -0.05) is 67.6 Å². The predicted molar refractivity (Wildman–Crippen MR) is 94.8 cm³/mol. The van der Waals surface area contributed by atoms with Gasteiger partial charge in [-0.2, -0.15) is 0 Å². The van der Waals surface area contributed by atoms with Crippen LogP contribution in [0.15, 0.2) is 60.7 Å². The van der Waals surface area contributed by atoms with Gasteiger partial charge in [0.15, 0.2) is 0 Å². The van der Waals surface area contributed by atoms with E-state index in [-0.39, 0.29) is 6.10 Å². The van der Waals surface area contributed by atoms with Crippen LogP contribution in [0.2, 0.25) is 0 Å². The standard InChI is InChI=1S/C16H20OSi.C2H7N/c1-2-15(18)17-16(13-9-5-3-6-10-13)14-11-7-4-8-12-14;1-3-2/h3-12,15-16H,2H2,1,18H3;3H,1-2H3. The number of hydrogen-bond donors (Lipinski definition) is 1. The largest absolute Gasteiger partial charge is 0.370 e. The molecule has 0 spiro atoms. The van der Waals surface area contributed by atoms with Crippen molar-refractivity contribution in [2.75, 3.05) is 14.1 Å². The van der Waals surface area contributed by atoms with Crippen LogP contribution < -0.4 is 5.32 Å². The second-order valence-electron chi connectivity index (χ2n) is 5.06. The highest BCUT2D eigenvalue weighted by molar-refractivity contribution is 6.10. The minimum absolute atomic E-state index is 0.0647. The number of nitrogens with one attached hydrogen (secondary N) is 1. The Morgan fingerprint density at radius 2 is 1.29 bits per heavy atom. The Balaban J connectivity index is 0.000000677. The molecule has 0 heterocycles. The molecule has 0 saturated carbocycles. The van der Waals surface area contributed by atoms with Gasteiger partial charge in [0.05, 0.1) is 0 Å². The molecule has 0 aliphatic carbocycles. The van der Waals surface area contributed by atoms with E-state index in [0.717, 1.165) is 16.7 Å². The highest BCUT2D eigenvalue weighted by atomic mass is 28.1. The first-order chi connectivity index (χ1) is 10.2. The quantitative estimate of drug-likeness (QED) is 0.858. The Kier molecular flexibility index (Phi) is 8.67. The Labute approximate surface area is 132 Å². The van der Waals surface area contributed by atoms with Crippen molar-refractivity contribution in [1.29, 1.82) is 0 Å². The first-order valence-electron chi connectivity index (χ1n) is 7.56. The predicted octanol–water partition coefficient (Wildman–Crippen LogP) is 2.73. The summed E-state index contributed by atoms with van der Waals surface area (Å²) in [7, 11) is 4.82. The maximum atomic E-state index is 6.23. The fraction of sp³-hybridized carbons (Fsp3) is 0.333. The summed E-state index contributed by atoms with van der Waals surface area (Å²) in [5.41, 5.74) is 2.87. The van der Waals surface area contributed by atoms with Crippen molar-refractivity contribution < 1.29 is 4.74 Å². The van der Waals surface area contributed by atoms with E-state index < -0.39 is 0 Å². The number of ether oxygens (including phenoxy) is 1. The highest BCUT2D eigenvalue weighted by Gasteiger charge is 2.16. The zero-order chi connectivity index (χ0) is 15.5. The lowest BCUT2D eigenvalue weighted by Crippen LogP contribution is -2.17. The molecule has 2 aromatic carbocycles. The molecule has 1 N–H and O–H groups in total. The van der Waals surface area contributed by atoms with Crippen LogP contribution in [0.4, 0.5) is 0 Å². The van der Waals surface area contributed by atoms with Crippen LogP contribution in [0.1, 0.15) is 30.6 Å². The van der Waals surface area contributed by atoms with Gasteiger partial charge in [0.2, 0.25) is 0 Å². The van der Waals surface area contributed by atoms with E-state index in [1.165, 1.54) is 11.1 Å². The minimum Gasteiger partial charge on any atom is -0.370 e. The Hall–Kier alpha value is -1.42. The summed E-state index contributed by atoms with van der Waals surface area (Å²) in [5, 5.41) is 2.75. The third-order valence-electron chi connectivity index (χ3n) is 3.15. The lowest BCUT2D eigenvalue weighted by molar-refractivity contribution is 0.0536. The van der Waals surface area contributed by atoms with Gasteiger partial charge in [-0.25, -0.2) is 0 Å². The summed E-state index contributed by atoms with van der Waals surface area (Å²) >= 11 is 0. The molecule has 0 aromatic heterocycles. The number of hydrogen-bond acceptors (Lipinski definition) is 2. The average molecular weight is 302 g/mol. The zero-order valence-electron chi connectivity index (χ0n) is 13.5. The summed E-state index contributed by atoms with van der Waals surface area (Å²) in [6.45, 7) is 2.19. The van der Waals surface area contributed by atoms with Crippen molar-refractivity contribution in [2.45, 2.75) is 25.2 Å². The molecule has 1 atom stereocenters. The van der Waals surface area contributed by atoms with Gasteiger partial charge in [-0.15, -0.1) is 0 Å². The molecular formula is C18H27NOSi. The molecule has 2 aromatic rings. The van der Waals surface area contributed by atoms with Crippen LogP contribution in [0, 0.1) is 0 Å². The van der Waals surface area contributed by atoms with Crippen LogP contribution in [-0.4, -0.2) is 30.1 Å². The Morgan fingerprint density at radius 3 is 1.62 bits per heavy atom. The highest BCUT2D eigenvalue weighted by Crippen LogP contribution is 2.27. The van der Waals surface area contributed by atoms with E-state index in [9.17, 15) is 0 Å². The molecule has 0 aliphatic rings. The SMILES string of the molecule is CCC([SiH3])OC(c1ccccc1)c1ccccc1.CNC. The van der Waals surface area contributed by atoms with Crippen LogP contribution in [0.5, 0.6) is 0 Å². The van der Waals surface area contributed by atoms with Crippen molar-refractivity contribution in [3.05, 3.63) is 71.8 Å². The second-order valence-corrected chi connectivity index (χ2v) is 6.34. The van der Waals surface area contributed by atoms with Gasteiger partial charge in [0.25, 0.3) is 0 Å². The average Bonchev–Trinajstić information content (AvgIpc) is 2.54. The van der Waals surface area contributed by atoms with Crippen molar-refractivity contribution >= 4 is 10.2 Å². The third kappa shape index (κ3) is 6.25. The first-order valence-corrected chi connectivity index (χ1v) is 8.72. The molecule has 0 bridgehead atoms. The topological polar surface area (TPSA) is 21.3 Å². The molecule has 114 valence electrons. The maximum absolute atomic E-state index is 6.23. The lowest BCUT2D eigenvalue weighted by Gasteiger charge is -2.22. The van der Waals surface area contributed by atoms with Gasteiger partial charge in [0, 0.05) is 16.0 Å². The van der Waals surface area contributed by atoms with Gasteiger partial charge >= 0.3 is 0 Å². The molecule has 1 unspecified atom stereocenters. The van der Waals surface area contributed by atoms with Crippen LogP contribution in [0.3, 0.4) is 0 Å². The molecule has 0 aliphatic heterocycles. The third-order valence-corrected chi connectivity index (χ3v) is 4.24. The van der Waals surface area contributed by atoms with Crippen molar-refractivity contribution in [1.82, 2.24) is 5.32 Å². The molecule has 3 heteroatoms. The van der Waals surface area contributed by atoms with Crippen molar-refractivity contribution in [3.63, 3.8) is 0 Å². The number of rotatable bonds is 5.